The minimum atomic E-state index is -0.495. The van der Waals surface area contributed by atoms with Crippen molar-refractivity contribution in [2.75, 3.05) is 7.05 Å². The number of rotatable bonds is 3. The molecular formula is C25H21N3O2SSe. The molecule has 0 atom stereocenters. The predicted molar refractivity (Wildman–Crippen MR) is 133 cm³/mol. The number of carbonyl (C=O) groups excluding carboxylic acids is 2. The summed E-state index contributed by atoms with van der Waals surface area (Å²) in [4.78, 5) is 25.5. The molecule has 0 unspecified atom stereocenters. The van der Waals surface area contributed by atoms with Crippen molar-refractivity contribution in [2.45, 2.75) is 19.3 Å². The van der Waals surface area contributed by atoms with Gasteiger partial charge < -0.3 is 0 Å². The van der Waals surface area contributed by atoms with E-state index in [0.29, 0.717) is 6.29 Å². The van der Waals surface area contributed by atoms with E-state index in [1.807, 2.05) is 0 Å². The van der Waals surface area contributed by atoms with Crippen molar-refractivity contribution in [1.29, 1.82) is 0 Å². The Bertz CT molecular complexity index is 1490. The molecule has 1 amide bonds. The Hall–Kier alpha value is -2.99. The summed E-state index contributed by atoms with van der Waals surface area (Å²) in [6.45, 7) is 4.48. The fourth-order valence-corrected chi connectivity index (χ4v) is 7.35. The average Bonchev–Trinajstić information content (AvgIpc) is 3.35. The second-order valence-corrected chi connectivity index (χ2v) is 11.1. The topological polar surface area (TPSA) is 68.3 Å². The maximum atomic E-state index is 12.6. The van der Waals surface area contributed by atoms with Crippen LogP contribution < -0.4 is 5.73 Å². The van der Waals surface area contributed by atoms with Crippen LogP contribution in [0.5, 0.6) is 0 Å². The van der Waals surface area contributed by atoms with E-state index in [-0.39, 0.29) is 30.6 Å². The number of hydrogen-bond donors (Lipinski definition) is 1. The summed E-state index contributed by atoms with van der Waals surface area (Å²) in [7, 11) is 1.47. The van der Waals surface area contributed by atoms with Gasteiger partial charge in [0.05, 0.1) is 0 Å². The van der Waals surface area contributed by atoms with Gasteiger partial charge in [-0.25, -0.2) is 0 Å². The number of para-hydroxylation sites is 2. The first-order chi connectivity index (χ1) is 15.3. The predicted octanol–water partition coefficient (Wildman–Crippen LogP) is 3.76. The first kappa shape index (κ1) is 20.9. The van der Waals surface area contributed by atoms with Crippen LogP contribution in [0.2, 0.25) is 0 Å². The Morgan fingerprint density at radius 1 is 1.12 bits per heavy atom. The van der Waals surface area contributed by atoms with E-state index < -0.39 is 5.91 Å². The van der Waals surface area contributed by atoms with E-state index in [0.717, 1.165) is 9.34 Å². The Kier molecular flexibility index (Phi) is 4.75. The van der Waals surface area contributed by atoms with Crippen molar-refractivity contribution in [3.63, 3.8) is 0 Å². The molecule has 1 aliphatic heterocycles. The number of aldehydes is 1. The van der Waals surface area contributed by atoms with Crippen LogP contribution in [0.3, 0.4) is 0 Å². The number of nitrogens with zero attached hydrogens (tertiary/aromatic N) is 2. The van der Waals surface area contributed by atoms with E-state index >= 15 is 0 Å². The summed E-state index contributed by atoms with van der Waals surface area (Å²) in [5.74, 6) is -0.495. The number of carbonyl (C=O) groups is 2. The summed E-state index contributed by atoms with van der Waals surface area (Å²) in [5, 5.41) is 2.42. The average molecular weight is 506 g/mol. The molecule has 0 aliphatic carbocycles. The normalized spacial score (nSPS) is 14.4. The van der Waals surface area contributed by atoms with E-state index in [4.69, 9.17) is 18.0 Å². The van der Waals surface area contributed by atoms with Gasteiger partial charge >= 0.3 is 197 Å². The molecule has 1 aliphatic rings. The molecule has 160 valence electrons. The molecule has 4 aromatic rings. The Labute approximate surface area is 196 Å². The Morgan fingerprint density at radius 3 is 2.56 bits per heavy atom. The molecule has 5 nitrogen and oxygen atoms in total. The molecule has 2 N–H and O–H groups in total. The molecule has 0 radical (unpaired) electrons. The number of hydrogen-bond acceptors (Lipinski definition) is 3. The SMILES string of the molecule is CN(C(=O)/C(C=O)=C\c1cc2c([se]1)-n1c3ccccc3c3cccc(c31)C2(C)C)C(N)=S. The van der Waals surface area contributed by atoms with Crippen LogP contribution >= 0.6 is 12.2 Å². The third kappa shape index (κ3) is 2.85. The number of nitrogens with two attached hydrogens (primary N) is 1. The Balaban J connectivity index is 1.77. The number of likely N-dealkylation sites (N-methyl/N-ethyl adjacent to an activating group) is 1. The van der Waals surface area contributed by atoms with Crippen molar-refractivity contribution in [3.05, 3.63) is 69.7 Å². The minimum absolute atomic E-state index is 0.0473. The molecule has 7 heteroatoms. The van der Waals surface area contributed by atoms with Crippen molar-refractivity contribution >= 4 is 71.9 Å². The number of aromatic nitrogens is 1. The molecule has 0 bridgehead atoms. The van der Waals surface area contributed by atoms with Gasteiger partial charge in [0.25, 0.3) is 0 Å². The Morgan fingerprint density at radius 2 is 1.84 bits per heavy atom. The van der Waals surface area contributed by atoms with Gasteiger partial charge in [-0.1, -0.05) is 0 Å². The second-order valence-electron chi connectivity index (χ2n) is 8.47. The molecule has 2 aromatic carbocycles. The van der Waals surface area contributed by atoms with E-state index in [1.165, 1.54) is 44.5 Å². The molecule has 5 rings (SSSR count). The van der Waals surface area contributed by atoms with Gasteiger partial charge in [0.1, 0.15) is 0 Å². The fourth-order valence-electron chi connectivity index (χ4n) is 4.56. The third-order valence-corrected chi connectivity index (χ3v) is 8.80. The molecule has 0 saturated carbocycles. The van der Waals surface area contributed by atoms with Crippen molar-refractivity contribution < 1.29 is 9.59 Å². The second kappa shape index (κ2) is 7.27. The quantitative estimate of drug-likeness (QED) is 0.115. The third-order valence-electron chi connectivity index (χ3n) is 6.28. The zero-order valence-corrected chi connectivity index (χ0v) is 20.4. The van der Waals surface area contributed by atoms with Crippen molar-refractivity contribution in [2.24, 2.45) is 5.73 Å². The van der Waals surface area contributed by atoms with Crippen LogP contribution in [0, 0.1) is 0 Å². The van der Waals surface area contributed by atoms with Crippen LogP contribution in [-0.4, -0.2) is 48.3 Å². The fraction of sp³-hybridized carbons (Fsp3) is 0.160. The van der Waals surface area contributed by atoms with Crippen LogP contribution in [0.1, 0.15) is 29.4 Å². The monoisotopic (exact) mass is 507 g/mol. The zero-order valence-electron chi connectivity index (χ0n) is 17.9. The number of fused-ring (bicyclic) bond motifs is 5. The van der Waals surface area contributed by atoms with Gasteiger partial charge in [-0.05, 0) is 0 Å². The molecular weight excluding hydrogens is 485 g/mol. The number of thiocarbonyl (C=S) groups is 1. The van der Waals surface area contributed by atoms with Gasteiger partial charge in [0, 0.05) is 0 Å². The van der Waals surface area contributed by atoms with Gasteiger partial charge in [-0.3, -0.25) is 0 Å². The van der Waals surface area contributed by atoms with Gasteiger partial charge in [-0.2, -0.15) is 0 Å². The van der Waals surface area contributed by atoms with Crippen molar-refractivity contribution in [3.8, 4) is 4.56 Å². The first-order valence-corrected chi connectivity index (χ1v) is 12.3. The van der Waals surface area contributed by atoms with Crippen LogP contribution in [-0.2, 0) is 15.0 Å². The summed E-state index contributed by atoms with van der Waals surface area (Å²) in [6, 6.07) is 17.1. The standard InChI is InChI=1S/C25H21N3O2SSe/c1-25(2)18-9-6-8-17-16-7-4-5-10-20(16)28(21(17)18)23-19(25)12-15(32-23)11-14(13-29)22(30)27(3)24(26)31/h4-13H,1-3H3,(H2,26,31)/b14-11-. The molecule has 3 heterocycles. The van der Waals surface area contributed by atoms with Gasteiger partial charge in [0.2, 0.25) is 0 Å². The number of amides is 1. The maximum absolute atomic E-state index is 12.6. The summed E-state index contributed by atoms with van der Waals surface area (Å²) < 4.78 is 4.60. The molecule has 0 saturated heterocycles. The van der Waals surface area contributed by atoms with E-state index in [1.54, 1.807) is 6.08 Å². The molecule has 32 heavy (non-hydrogen) atoms. The summed E-state index contributed by atoms with van der Waals surface area (Å²) >= 11 is 4.81. The van der Waals surface area contributed by atoms with Gasteiger partial charge in [0.15, 0.2) is 0 Å². The van der Waals surface area contributed by atoms with Crippen LogP contribution in [0.4, 0.5) is 0 Å². The van der Waals surface area contributed by atoms with Gasteiger partial charge in [-0.15, -0.1) is 0 Å². The first-order valence-electron chi connectivity index (χ1n) is 10.2. The van der Waals surface area contributed by atoms with Crippen LogP contribution in [0.25, 0.3) is 32.4 Å². The summed E-state index contributed by atoms with van der Waals surface area (Å²) in [6.07, 6.45) is 2.26. The van der Waals surface area contributed by atoms with Crippen LogP contribution in [0.15, 0.2) is 54.1 Å². The zero-order chi connectivity index (χ0) is 22.8. The molecule has 2 aromatic heterocycles. The van der Waals surface area contributed by atoms with E-state index in [2.05, 4.69) is 66.9 Å². The van der Waals surface area contributed by atoms with E-state index in [9.17, 15) is 9.59 Å². The number of benzene rings is 2. The summed E-state index contributed by atoms with van der Waals surface area (Å²) in [5.41, 5.74) is 10.4. The van der Waals surface area contributed by atoms with Crippen molar-refractivity contribution in [1.82, 2.24) is 9.47 Å². The molecule has 0 spiro atoms. The molecule has 0 fully saturated rings.